The van der Waals surface area contributed by atoms with Crippen LogP contribution in [-0.2, 0) is 4.79 Å². The van der Waals surface area contributed by atoms with Crippen LogP contribution in [0.5, 0.6) is 0 Å². The molecule has 0 saturated heterocycles. The summed E-state index contributed by atoms with van der Waals surface area (Å²) in [6.45, 7) is 1.43. The number of imidazole rings is 1. The third kappa shape index (κ3) is 2.16. The Labute approximate surface area is 86.0 Å². The van der Waals surface area contributed by atoms with Gasteiger partial charge in [0.25, 0.3) is 0 Å². The summed E-state index contributed by atoms with van der Waals surface area (Å²) in [5, 5.41) is 2.58. The molecule has 15 heavy (non-hydrogen) atoms. The Morgan fingerprint density at radius 3 is 3.00 bits per heavy atom. The molecule has 1 N–H and O–H groups in total. The van der Waals surface area contributed by atoms with E-state index in [0.717, 1.165) is 0 Å². The Morgan fingerprint density at radius 1 is 1.47 bits per heavy atom. The van der Waals surface area contributed by atoms with E-state index < -0.39 is 0 Å². The second-order valence-electron chi connectivity index (χ2n) is 2.91. The molecule has 2 aromatic rings. The van der Waals surface area contributed by atoms with Gasteiger partial charge in [0.2, 0.25) is 5.91 Å². The van der Waals surface area contributed by atoms with Crippen LogP contribution in [-0.4, -0.2) is 25.4 Å². The lowest BCUT2D eigenvalue weighted by atomic mass is 10.5. The summed E-state index contributed by atoms with van der Waals surface area (Å²) in [7, 11) is 0. The summed E-state index contributed by atoms with van der Waals surface area (Å²) >= 11 is 0. The first-order valence-corrected chi connectivity index (χ1v) is 4.33. The van der Waals surface area contributed by atoms with Gasteiger partial charge in [0.15, 0.2) is 0 Å². The van der Waals surface area contributed by atoms with Crippen molar-refractivity contribution in [3.05, 3.63) is 31.1 Å². The summed E-state index contributed by atoms with van der Waals surface area (Å²) in [5.41, 5.74) is 0. The summed E-state index contributed by atoms with van der Waals surface area (Å²) in [6.07, 6.45) is 6.43. The molecular weight excluding hydrogens is 194 g/mol. The molecule has 1 amide bonds. The van der Waals surface area contributed by atoms with Crippen molar-refractivity contribution in [2.45, 2.75) is 6.92 Å². The van der Waals surface area contributed by atoms with Crippen molar-refractivity contribution >= 4 is 11.7 Å². The molecule has 0 aliphatic carbocycles. The van der Waals surface area contributed by atoms with Crippen LogP contribution in [0.3, 0.4) is 0 Å². The van der Waals surface area contributed by atoms with Crippen molar-refractivity contribution < 1.29 is 4.79 Å². The van der Waals surface area contributed by atoms with E-state index >= 15 is 0 Å². The predicted molar refractivity (Wildman–Crippen MR) is 53.5 cm³/mol. The van der Waals surface area contributed by atoms with Crippen LogP contribution in [0.2, 0.25) is 0 Å². The Balaban J connectivity index is 2.31. The molecule has 0 radical (unpaired) electrons. The number of anilines is 1. The minimum absolute atomic E-state index is 0.162. The van der Waals surface area contributed by atoms with Crippen molar-refractivity contribution in [2.24, 2.45) is 0 Å². The molecule has 0 spiro atoms. The highest BCUT2D eigenvalue weighted by molar-refractivity contribution is 5.87. The van der Waals surface area contributed by atoms with Crippen LogP contribution in [0.15, 0.2) is 31.1 Å². The van der Waals surface area contributed by atoms with Crippen LogP contribution < -0.4 is 5.32 Å². The highest BCUT2D eigenvalue weighted by atomic mass is 16.1. The van der Waals surface area contributed by atoms with E-state index in [1.54, 1.807) is 29.4 Å². The largest absolute Gasteiger partial charge is 0.311 e. The molecule has 0 aliphatic heterocycles. The normalized spacial score (nSPS) is 9.93. The zero-order valence-electron chi connectivity index (χ0n) is 8.08. The summed E-state index contributed by atoms with van der Waals surface area (Å²) < 4.78 is 1.73. The van der Waals surface area contributed by atoms with E-state index in [1.807, 2.05) is 0 Å². The zero-order chi connectivity index (χ0) is 10.7. The van der Waals surface area contributed by atoms with Crippen LogP contribution in [0.25, 0.3) is 5.82 Å². The SMILES string of the molecule is CC(=O)Nc1cc(-n2ccnc2)ncn1. The number of nitrogens with one attached hydrogen (secondary N) is 1. The average Bonchev–Trinajstić information content (AvgIpc) is 2.69. The van der Waals surface area contributed by atoms with Crippen molar-refractivity contribution in [3.8, 4) is 5.82 Å². The fourth-order valence-electron chi connectivity index (χ4n) is 1.13. The van der Waals surface area contributed by atoms with Gasteiger partial charge in [0, 0.05) is 25.4 Å². The third-order valence-electron chi connectivity index (χ3n) is 1.73. The van der Waals surface area contributed by atoms with Crippen LogP contribution in [0.1, 0.15) is 6.92 Å². The molecule has 0 atom stereocenters. The highest BCUT2D eigenvalue weighted by Crippen LogP contribution is 2.07. The summed E-state index contributed by atoms with van der Waals surface area (Å²) in [4.78, 5) is 22.7. The maximum absolute atomic E-state index is 10.8. The Hall–Kier alpha value is -2.24. The summed E-state index contributed by atoms with van der Waals surface area (Å²) in [6, 6.07) is 1.67. The van der Waals surface area contributed by atoms with Crippen molar-refractivity contribution in [1.82, 2.24) is 19.5 Å². The quantitative estimate of drug-likeness (QED) is 0.776. The lowest BCUT2D eigenvalue weighted by molar-refractivity contribution is -0.114. The predicted octanol–water partition coefficient (Wildman–Crippen LogP) is 0.621. The third-order valence-corrected chi connectivity index (χ3v) is 1.73. The van der Waals surface area contributed by atoms with Gasteiger partial charge < -0.3 is 5.32 Å². The number of nitrogens with zero attached hydrogens (tertiary/aromatic N) is 4. The van der Waals surface area contributed by atoms with Gasteiger partial charge in [-0.15, -0.1) is 0 Å². The second-order valence-corrected chi connectivity index (χ2v) is 2.91. The van der Waals surface area contributed by atoms with Gasteiger partial charge in [-0.2, -0.15) is 0 Å². The number of amides is 1. The highest BCUT2D eigenvalue weighted by Gasteiger charge is 2.01. The molecule has 6 nitrogen and oxygen atoms in total. The first-order valence-electron chi connectivity index (χ1n) is 4.33. The molecule has 76 valence electrons. The van der Waals surface area contributed by atoms with Crippen LogP contribution in [0.4, 0.5) is 5.82 Å². The lowest BCUT2D eigenvalue weighted by Gasteiger charge is -2.03. The van der Waals surface area contributed by atoms with E-state index in [-0.39, 0.29) is 5.91 Å². The molecule has 0 fully saturated rings. The molecule has 0 aromatic carbocycles. The minimum atomic E-state index is -0.162. The van der Waals surface area contributed by atoms with Crippen molar-refractivity contribution in [2.75, 3.05) is 5.32 Å². The number of hydrogen-bond acceptors (Lipinski definition) is 4. The first kappa shape index (κ1) is 9.32. The van der Waals surface area contributed by atoms with Crippen molar-refractivity contribution in [1.29, 1.82) is 0 Å². The van der Waals surface area contributed by atoms with Gasteiger partial charge in [-0.1, -0.05) is 0 Å². The van der Waals surface area contributed by atoms with E-state index in [4.69, 9.17) is 0 Å². The average molecular weight is 203 g/mol. The minimum Gasteiger partial charge on any atom is -0.311 e. The first-order chi connectivity index (χ1) is 7.25. The second kappa shape index (κ2) is 3.87. The fraction of sp³-hybridized carbons (Fsp3) is 0.111. The zero-order valence-corrected chi connectivity index (χ0v) is 8.08. The number of hydrogen-bond donors (Lipinski definition) is 1. The Morgan fingerprint density at radius 2 is 2.33 bits per heavy atom. The monoisotopic (exact) mass is 203 g/mol. The van der Waals surface area contributed by atoms with E-state index in [9.17, 15) is 4.79 Å². The van der Waals surface area contributed by atoms with Crippen LogP contribution >= 0.6 is 0 Å². The molecular formula is C9H9N5O. The number of carbonyl (C=O) groups is 1. The topological polar surface area (TPSA) is 72.7 Å². The van der Waals surface area contributed by atoms with Gasteiger partial charge in [0.1, 0.15) is 24.3 Å². The maximum atomic E-state index is 10.8. The number of carbonyl (C=O) groups excluding carboxylic acids is 1. The van der Waals surface area contributed by atoms with E-state index in [2.05, 4.69) is 20.3 Å². The Kier molecular flexibility index (Phi) is 2.40. The fourth-order valence-corrected chi connectivity index (χ4v) is 1.13. The molecule has 6 heteroatoms. The molecule has 2 aromatic heterocycles. The van der Waals surface area contributed by atoms with Gasteiger partial charge in [-0.05, 0) is 0 Å². The number of rotatable bonds is 2. The standard InChI is InChI=1S/C9H9N5O/c1-7(15)13-8-4-9(12-5-11-8)14-3-2-10-6-14/h2-6H,1H3,(H,11,12,13,15). The molecule has 0 unspecified atom stereocenters. The molecule has 0 bridgehead atoms. The molecule has 2 heterocycles. The van der Waals surface area contributed by atoms with Gasteiger partial charge in [-0.3, -0.25) is 9.36 Å². The van der Waals surface area contributed by atoms with Gasteiger partial charge in [-0.25, -0.2) is 15.0 Å². The lowest BCUT2D eigenvalue weighted by Crippen LogP contribution is -2.08. The van der Waals surface area contributed by atoms with Gasteiger partial charge in [0.05, 0.1) is 0 Å². The molecule has 2 rings (SSSR count). The number of aromatic nitrogens is 4. The van der Waals surface area contributed by atoms with E-state index in [0.29, 0.717) is 11.6 Å². The maximum Gasteiger partial charge on any atom is 0.222 e. The van der Waals surface area contributed by atoms with Gasteiger partial charge >= 0.3 is 0 Å². The smallest absolute Gasteiger partial charge is 0.222 e. The van der Waals surface area contributed by atoms with Crippen LogP contribution in [0, 0.1) is 0 Å². The van der Waals surface area contributed by atoms with Crippen molar-refractivity contribution in [3.63, 3.8) is 0 Å². The summed E-state index contributed by atoms with van der Waals surface area (Å²) in [5.74, 6) is 0.970. The molecule has 0 saturated carbocycles. The van der Waals surface area contributed by atoms with E-state index in [1.165, 1.54) is 13.3 Å². The molecule has 0 aliphatic rings. The Bertz CT molecular complexity index is 465.